The molecule has 0 aliphatic carbocycles. The largest absolute Gasteiger partial charge is 2.00 e. The maximum absolute atomic E-state index is 4.94. The van der Waals surface area contributed by atoms with Gasteiger partial charge in [0.05, 0.1) is 7.11 Å². The zero-order valence-electron chi connectivity index (χ0n) is 7.87. The first-order valence-corrected chi connectivity index (χ1v) is 3.10. The molecule has 1 rings (SSSR count). The topological polar surface area (TPSA) is 9.23 Å². The summed E-state index contributed by atoms with van der Waals surface area (Å²) >= 11 is 4.11. The third-order valence-electron chi connectivity index (χ3n) is 1.07. The monoisotopic (exact) mass is 166 g/mol. The van der Waals surface area contributed by atoms with Gasteiger partial charge in [-0.2, -0.15) is 0 Å². The molecule has 0 saturated carbocycles. The first-order chi connectivity index (χ1) is 4.33. The van der Waals surface area contributed by atoms with Gasteiger partial charge in [-0.3, -0.25) is 0 Å². The zero-order chi connectivity index (χ0) is 6.69. The van der Waals surface area contributed by atoms with E-state index in [4.69, 9.17) is 4.74 Å². The van der Waals surface area contributed by atoms with E-state index in [0.29, 0.717) is 0 Å². The van der Waals surface area contributed by atoms with Crippen molar-refractivity contribution in [3.8, 4) is 5.75 Å². The predicted molar refractivity (Wildman–Crippen MR) is 48.2 cm³/mol. The Morgan fingerprint density at radius 1 is 1.30 bits per heavy atom. The SMILES string of the molecule is COc1ccc(S)cc1.[H-].[H-].[Mg+2]. The minimum atomic E-state index is 0. The van der Waals surface area contributed by atoms with E-state index in [1.807, 2.05) is 24.3 Å². The molecule has 52 valence electrons. The standard InChI is InChI=1S/C7H8OS.Mg.2H/c1-8-6-2-4-7(9)5-3-6;;;/h2-5,9H,1H3;;;/q;+2;2*-1. The second kappa shape index (κ2) is 4.88. The van der Waals surface area contributed by atoms with Gasteiger partial charge in [0.1, 0.15) is 5.75 Å². The van der Waals surface area contributed by atoms with Gasteiger partial charge in [-0.25, -0.2) is 0 Å². The quantitative estimate of drug-likeness (QED) is 0.495. The predicted octanol–water partition coefficient (Wildman–Crippen LogP) is 1.83. The smallest absolute Gasteiger partial charge is 1.00 e. The van der Waals surface area contributed by atoms with Crippen LogP contribution in [0.15, 0.2) is 29.2 Å². The van der Waals surface area contributed by atoms with E-state index in [1.54, 1.807) is 7.11 Å². The first-order valence-electron chi connectivity index (χ1n) is 2.66. The van der Waals surface area contributed by atoms with Crippen LogP contribution in [0.5, 0.6) is 5.75 Å². The summed E-state index contributed by atoms with van der Waals surface area (Å²) in [6.07, 6.45) is 0. The van der Waals surface area contributed by atoms with Gasteiger partial charge < -0.3 is 7.59 Å². The Kier molecular flexibility index (Phi) is 4.94. The number of methoxy groups -OCH3 is 1. The van der Waals surface area contributed by atoms with E-state index in [-0.39, 0.29) is 25.9 Å². The van der Waals surface area contributed by atoms with Gasteiger partial charge in [-0.05, 0) is 24.3 Å². The van der Waals surface area contributed by atoms with Crippen molar-refractivity contribution in [2.75, 3.05) is 7.11 Å². The van der Waals surface area contributed by atoms with E-state index in [0.717, 1.165) is 10.6 Å². The summed E-state index contributed by atoms with van der Waals surface area (Å²) in [4.78, 5) is 0.954. The normalized spacial score (nSPS) is 8.20. The Bertz CT molecular complexity index is 193. The average molecular weight is 167 g/mol. The van der Waals surface area contributed by atoms with Crippen molar-refractivity contribution >= 4 is 35.7 Å². The fourth-order valence-electron chi connectivity index (χ4n) is 0.582. The number of rotatable bonds is 1. The molecule has 0 bridgehead atoms. The Morgan fingerprint density at radius 2 is 1.80 bits per heavy atom. The number of thiol groups is 1. The summed E-state index contributed by atoms with van der Waals surface area (Å²) < 4.78 is 4.94. The molecule has 0 radical (unpaired) electrons. The fraction of sp³-hybridized carbons (Fsp3) is 0.143. The van der Waals surface area contributed by atoms with Crippen LogP contribution in [-0.4, -0.2) is 30.2 Å². The molecule has 10 heavy (non-hydrogen) atoms. The Hall–Kier alpha value is 0.136. The van der Waals surface area contributed by atoms with E-state index < -0.39 is 0 Å². The maximum Gasteiger partial charge on any atom is 2.00 e. The molecule has 0 saturated heterocycles. The van der Waals surface area contributed by atoms with Gasteiger partial charge in [0, 0.05) is 4.90 Å². The van der Waals surface area contributed by atoms with Crippen molar-refractivity contribution in [1.29, 1.82) is 0 Å². The molecule has 0 aliphatic heterocycles. The van der Waals surface area contributed by atoms with Crippen molar-refractivity contribution in [3.63, 3.8) is 0 Å². The van der Waals surface area contributed by atoms with Crippen LogP contribution in [0, 0.1) is 0 Å². The Labute approximate surface area is 85.3 Å². The molecule has 0 aromatic heterocycles. The van der Waals surface area contributed by atoms with Gasteiger partial charge in [0.25, 0.3) is 0 Å². The van der Waals surface area contributed by atoms with Gasteiger partial charge >= 0.3 is 23.1 Å². The molecule has 1 nitrogen and oxygen atoms in total. The molecule has 0 atom stereocenters. The van der Waals surface area contributed by atoms with E-state index in [1.165, 1.54) is 0 Å². The molecule has 0 unspecified atom stereocenters. The summed E-state index contributed by atoms with van der Waals surface area (Å²) in [6.45, 7) is 0. The van der Waals surface area contributed by atoms with E-state index in [9.17, 15) is 0 Å². The van der Waals surface area contributed by atoms with Crippen molar-refractivity contribution in [2.45, 2.75) is 4.90 Å². The molecule has 0 fully saturated rings. The molecule has 0 N–H and O–H groups in total. The van der Waals surface area contributed by atoms with Crippen LogP contribution in [0.3, 0.4) is 0 Å². The van der Waals surface area contributed by atoms with Crippen LogP contribution in [0.25, 0.3) is 0 Å². The van der Waals surface area contributed by atoms with Crippen LogP contribution < -0.4 is 4.74 Å². The van der Waals surface area contributed by atoms with Gasteiger partial charge in [-0.15, -0.1) is 12.6 Å². The number of ether oxygens (including phenoxy) is 1. The Morgan fingerprint density at radius 3 is 2.20 bits per heavy atom. The molecular formula is C7H10MgOS. The number of benzene rings is 1. The molecule has 0 spiro atoms. The molecular weight excluding hydrogens is 156 g/mol. The molecule has 0 heterocycles. The number of hydrogen-bond acceptors (Lipinski definition) is 2. The summed E-state index contributed by atoms with van der Waals surface area (Å²) in [5, 5.41) is 0. The van der Waals surface area contributed by atoms with Crippen molar-refractivity contribution in [1.82, 2.24) is 0 Å². The Balaban J connectivity index is -0.000000270. The second-order valence-electron chi connectivity index (χ2n) is 1.70. The summed E-state index contributed by atoms with van der Waals surface area (Å²) in [5.74, 6) is 0.868. The van der Waals surface area contributed by atoms with Crippen molar-refractivity contribution in [2.24, 2.45) is 0 Å². The summed E-state index contributed by atoms with van der Waals surface area (Å²) in [5.41, 5.74) is 0. The second-order valence-corrected chi connectivity index (χ2v) is 2.21. The summed E-state index contributed by atoms with van der Waals surface area (Å²) in [7, 11) is 1.65. The molecule has 0 aliphatic rings. The van der Waals surface area contributed by atoms with Gasteiger partial charge in [-0.1, -0.05) is 0 Å². The van der Waals surface area contributed by atoms with Gasteiger partial charge in [0.2, 0.25) is 0 Å². The summed E-state index contributed by atoms with van der Waals surface area (Å²) in [6, 6.07) is 7.54. The van der Waals surface area contributed by atoms with Crippen LogP contribution in [0.2, 0.25) is 0 Å². The molecule has 0 amide bonds. The van der Waals surface area contributed by atoms with Gasteiger partial charge in [0.15, 0.2) is 0 Å². The molecule has 1 aromatic rings. The van der Waals surface area contributed by atoms with Crippen LogP contribution in [0.4, 0.5) is 0 Å². The molecule has 1 aromatic carbocycles. The minimum Gasteiger partial charge on any atom is -1.00 e. The van der Waals surface area contributed by atoms with Crippen molar-refractivity contribution < 1.29 is 7.59 Å². The minimum absolute atomic E-state index is 0. The molecule has 3 heteroatoms. The maximum atomic E-state index is 4.94. The van der Waals surface area contributed by atoms with Crippen molar-refractivity contribution in [3.05, 3.63) is 24.3 Å². The number of hydrogen-bond donors (Lipinski definition) is 1. The van der Waals surface area contributed by atoms with Crippen LogP contribution >= 0.6 is 12.6 Å². The average Bonchev–Trinajstić information content (AvgIpc) is 1.90. The third-order valence-corrected chi connectivity index (χ3v) is 1.37. The van der Waals surface area contributed by atoms with Crippen LogP contribution in [-0.2, 0) is 0 Å². The van der Waals surface area contributed by atoms with E-state index >= 15 is 0 Å². The first kappa shape index (κ1) is 10.1. The van der Waals surface area contributed by atoms with E-state index in [2.05, 4.69) is 12.6 Å². The fourth-order valence-corrected chi connectivity index (χ4v) is 0.731. The third kappa shape index (κ3) is 2.81. The van der Waals surface area contributed by atoms with Crippen LogP contribution in [0.1, 0.15) is 2.85 Å². The zero-order valence-corrected chi connectivity index (χ0v) is 8.18.